The molecule has 0 amide bonds. The molecule has 2 aliphatic rings. The summed E-state index contributed by atoms with van der Waals surface area (Å²) in [6.45, 7) is 0.628. The van der Waals surface area contributed by atoms with Crippen LogP contribution in [-0.2, 0) is 0 Å². The van der Waals surface area contributed by atoms with E-state index in [1.54, 1.807) is 12.3 Å². The van der Waals surface area contributed by atoms with Crippen LogP contribution in [0.5, 0.6) is 5.88 Å². The summed E-state index contributed by atoms with van der Waals surface area (Å²) in [5.41, 5.74) is 0.179. The Morgan fingerprint density at radius 1 is 1.69 bits per heavy atom. The van der Waals surface area contributed by atoms with E-state index >= 15 is 0 Å². The third-order valence-corrected chi connectivity index (χ3v) is 3.27. The van der Waals surface area contributed by atoms with Crippen molar-refractivity contribution in [3.8, 4) is 5.88 Å². The number of halogens is 1. The highest BCUT2D eigenvalue weighted by atomic mass is 19.1. The van der Waals surface area contributed by atoms with Crippen molar-refractivity contribution in [3.05, 3.63) is 12.3 Å². The lowest BCUT2D eigenvalue weighted by Crippen LogP contribution is -2.32. The molecule has 3 rings (SSSR count). The van der Waals surface area contributed by atoms with Crippen LogP contribution < -0.4 is 4.74 Å². The Bertz CT molecular complexity index is 313. The summed E-state index contributed by atoms with van der Waals surface area (Å²) in [5, 5.41) is 6.55. The van der Waals surface area contributed by atoms with E-state index in [1.165, 1.54) is 0 Å². The smallest absolute Gasteiger partial charge is 0.232 e. The molecule has 70 valence electrons. The molecule has 2 unspecified atom stereocenters. The molecule has 0 aromatic carbocycles. The Labute approximate surface area is 75.3 Å². The number of alkyl halides is 1. The molecule has 1 heterocycles. The van der Waals surface area contributed by atoms with Gasteiger partial charge in [-0.15, -0.1) is 5.10 Å². The number of ether oxygens (including phenoxy) is 1. The maximum Gasteiger partial charge on any atom is 0.232 e. The Kier molecular flexibility index (Phi) is 1.27. The van der Waals surface area contributed by atoms with Gasteiger partial charge in [0, 0.05) is 17.7 Å². The SMILES string of the molecule is F[C@@H]1CC2(COc3cc[nH]n3)CC12. The van der Waals surface area contributed by atoms with Gasteiger partial charge in [-0.3, -0.25) is 5.10 Å². The van der Waals surface area contributed by atoms with Crippen LogP contribution >= 0.6 is 0 Å². The van der Waals surface area contributed by atoms with Crippen molar-refractivity contribution in [2.45, 2.75) is 19.0 Å². The van der Waals surface area contributed by atoms with Crippen LogP contribution in [0.4, 0.5) is 4.39 Å². The summed E-state index contributed by atoms with van der Waals surface area (Å²) >= 11 is 0. The van der Waals surface area contributed by atoms with Crippen LogP contribution in [0.3, 0.4) is 0 Å². The first kappa shape index (κ1) is 7.35. The van der Waals surface area contributed by atoms with E-state index < -0.39 is 6.17 Å². The second kappa shape index (κ2) is 2.25. The zero-order chi connectivity index (χ0) is 8.89. The third-order valence-electron chi connectivity index (χ3n) is 3.27. The lowest BCUT2D eigenvalue weighted by Gasteiger charge is -2.28. The van der Waals surface area contributed by atoms with Crippen LogP contribution in [0, 0.1) is 11.3 Å². The molecule has 3 atom stereocenters. The number of nitrogens with zero attached hydrogens (tertiary/aromatic N) is 1. The second-order valence-electron chi connectivity index (χ2n) is 4.09. The fourth-order valence-corrected chi connectivity index (χ4v) is 2.27. The van der Waals surface area contributed by atoms with E-state index in [9.17, 15) is 4.39 Å². The fourth-order valence-electron chi connectivity index (χ4n) is 2.27. The minimum Gasteiger partial charge on any atom is -0.476 e. The summed E-state index contributed by atoms with van der Waals surface area (Å²) in [7, 11) is 0. The van der Waals surface area contributed by atoms with Crippen molar-refractivity contribution in [1.82, 2.24) is 10.2 Å². The first-order valence-electron chi connectivity index (χ1n) is 4.57. The van der Waals surface area contributed by atoms with Crippen molar-refractivity contribution in [2.75, 3.05) is 6.61 Å². The van der Waals surface area contributed by atoms with Gasteiger partial charge in [0.15, 0.2) is 0 Å². The van der Waals surface area contributed by atoms with Gasteiger partial charge in [-0.2, -0.15) is 0 Å². The summed E-state index contributed by atoms with van der Waals surface area (Å²) in [6, 6.07) is 1.78. The predicted molar refractivity (Wildman–Crippen MR) is 44.1 cm³/mol. The predicted octanol–water partition coefficient (Wildman–Crippen LogP) is 1.54. The van der Waals surface area contributed by atoms with E-state index in [1.807, 2.05) is 0 Å². The minimum absolute atomic E-state index is 0.179. The molecule has 2 fully saturated rings. The monoisotopic (exact) mass is 182 g/mol. The van der Waals surface area contributed by atoms with Crippen LogP contribution in [0.25, 0.3) is 0 Å². The Morgan fingerprint density at radius 3 is 3.15 bits per heavy atom. The molecule has 0 saturated heterocycles. The fraction of sp³-hybridized carbons (Fsp3) is 0.667. The molecule has 1 aromatic rings. The van der Waals surface area contributed by atoms with Gasteiger partial charge in [-0.25, -0.2) is 4.39 Å². The van der Waals surface area contributed by atoms with Gasteiger partial charge in [0.25, 0.3) is 0 Å². The molecule has 4 heteroatoms. The molecular formula is C9H11FN2O. The number of aromatic amines is 1. The lowest BCUT2D eigenvalue weighted by molar-refractivity contribution is 0.0730. The lowest BCUT2D eigenvalue weighted by atomic mass is 9.84. The largest absolute Gasteiger partial charge is 0.476 e. The zero-order valence-corrected chi connectivity index (χ0v) is 7.16. The van der Waals surface area contributed by atoms with Crippen LogP contribution in [-0.4, -0.2) is 23.0 Å². The summed E-state index contributed by atoms with van der Waals surface area (Å²) in [6.07, 6.45) is 2.83. The molecule has 0 spiro atoms. The quantitative estimate of drug-likeness (QED) is 0.769. The highest BCUT2D eigenvalue weighted by Gasteiger charge is 2.68. The molecule has 2 aliphatic carbocycles. The summed E-state index contributed by atoms with van der Waals surface area (Å²) < 4.78 is 18.2. The van der Waals surface area contributed by atoms with E-state index in [2.05, 4.69) is 10.2 Å². The van der Waals surface area contributed by atoms with Crippen molar-refractivity contribution in [2.24, 2.45) is 11.3 Å². The van der Waals surface area contributed by atoms with Gasteiger partial charge < -0.3 is 4.74 Å². The van der Waals surface area contributed by atoms with Crippen LogP contribution in [0.15, 0.2) is 12.3 Å². The second-order valence-corrected chi connectivity index (χ2v) is 4.09. The van der Waals surface area contributed by atoms with Crippen molar-refractivity contribution >= 4 is 0 Å². The Morgan fingerprint density at radius 2 is 2.62 bits per heavy atom. The Hall–Kier alpha value is -1.06. The Balaban J connectivity index is 1.56. The van der Waals surface area contributed by atoms with Crippen LogP contribution in [0.1, 0.15) is 12.8 Å². The molecule has 2 saturated carbocycles. The van der Waals surface area contributed by atoms with E-state index in [0.717, 1.165) is 6.42 Å². The highest BCUT2D eigenvalue weighted by molar-refractivity contribution is 5.17. The molecule has 1 N–H and O–H groups in total. The van der Waals surface area contributed by atoms with Crippen LogP contribution in [0.2, 0.25) is 0 Å². The number of H-pyrrole nitrogens is 1. The number of rotatable bonds is 3. The number of nitrogens with one attached hydrogen (secondary N) is 1. The van der Waals surface area contributed by atoms with E-state index in [0.29, 0.717) is 18.9 Å². The van der Waals surface area contributed by atoms with Gasteiger partial charge in [-0.1, -0.05) is 0 Å². The molecule has 0 bridgehead atoms. The maximum atomic E-state index is 12.8. The topological polar surface area (TPSA) is 37.9 Å². The normalized spacial score (nSPS) is 40.7. The highest BCUT2D eigenvalue weighted by Crippen LogP contribution is 2.68. The maximum absolute atomic E-state index is 12.8. The summed E-state index contributed by atoms with van der Waals surface area (Å²) in [5.74, 6) is 0.897. The summed E-state index contributed by atoms with van der Waals surface area (Å²) in [4.78, 5) is 0. The number of aromatic nitrogens is 2. The molecular weight excluding hydrogens is 171 g/mol. The molecule has 1 aromatic heterocycles. The molecule has 0 aliphatic heterocycles. The molecule has 3 nitrogen and oxygen atoms in total. The van der Waals surface area contributed by atoms with Gasteiger partial charge >= 0.3 is 0 Å². The first-order valence-corrected chi connectivity index (χ1v) is 4.57. The molecule has 0 radical (unpaired) electrons. The standard InChI is InChI=1S/C9H11FN2O/c10-7-4-9(3-6(7)9)5-13-8-1-2-11-12-8/h1-2,6-7H,3-5H2,(H,11,12)/t6?,7-,9?/m1/s1. The zero-order valence-electron chi connectivity index (χ0n) is 7.16. The van der Waals surface area contributed by atoms with Gasteiger partial charge in [0.1, 0.15) is 6.17 Å². The van der Waals surface area contributed by atoms with Gasteiger partial charge in [0.05, 0.1) is 6.61 Å². The number of hydrogen-bond acceptors (Lipinski definition) is 2. The average molecular weight is 182 g/mol. The van der Waals surface area contributed by atoms with Gasteiger partial charge in [0.2, 0.25) is 5.88 Å². The van der Waals surface area contributed by atoms with E-state index in [4.69, 9.17) is 4.74 Å². The van der Waals surface area contributed by atoms with E-state index in [-0.39, 0.29) is 11.3 Å². The third kappa shape index (κ3) is 0.975. The van der Waals surface area contributed by atoms with Crippen molar-refractivity contribution in [1.29, 1.82) is 0 Å². The number of fused-ring (bicyclic) bond motifs is 1. The number of hydrogen-bond donors (Lipinski definition) is 1. The average Bonchev–Trinajstić information content (AvgIpc) is 2.50. The van der Waals surface area contributed by atoms with Crippen molar-refractivity contribution in [3.63, 3.8) is 0 Å². The van der Waals surface area contributed by atoms with Gasteiger partial charge in [-0.05, 0) is 18.8 Å². The molecule has 13 heavy (non-hydrogen) atoms. The minimum atomic E-state index is -0.567. The first-order chi connectivity index (χ1) is 6.30. The van der Waals surface area contributed by atoms with Crippen molar-refractivity contribution < 1.29 is 9.13 Å².